The number of rotatable bonds is 2. The fourth-order valence-electron chi connectivity index (χ4n) is 1.95. The lowest BCUT2D eigenvalue weighted by molar-refractivity contribution is 0.475. The Morgan fingerprint density at radius 3 is 1.81 bits per heavy atom. The number of aromatic hydroxyl groups is 2. The number of hydrogen-bond donors (Lipinski definition) is 2. The molecule has 0 atom stereocenters. The lowest BCUT2D eigenvalue weighted by atomic mass is 10.1. The van der Waals surface area contributed by atoms with Gasteiger partial charge in [0.15, 0.2) is 5.15 Å². The van der Waals surface area contributed by atoms with Gasteiger partial charge < -0.3 is 10.2 Å². The van der Waals surface area contributed by atoms with Gasteiger partial charge in [0.05, 0.1) is 11.9 Å². The lowest BCUT2D eigenvalue weighted by Crippen LogP contribution is -1.91. The van der Waals surface area contributed by atoms with E-state index >= 15 is 0 Å². The highest BCUT2D eigenvalue weighted by Crippen LogP contribution is 2.28. The van der Waals surface area contributed by atoms with Crippen molar-refractivity contribution in [1.82, 2.24) is 9.97 Å². The van der Waals surface area contributed by atoms with Crippen molar-refractivity contribution in [2.45, 2.75) is 0 Å². The van der Waals surface area contributed by atoms with Gasteiger partial charge in [-0.3, -0.25) is 4.98 Å². The third-order valence-corrected chi connectivity index (χ3v) is 3.30. The summed E-state index contributed by atoms with van der Waals surface area (Å²) in [5.74, 6) is 0.377. The van der Waals surface area contributed by atoms with Crippen LogP contribution in [-0.2, 0) is 0 Å². The fourth-order valence-corrected chi connectivity index (χ4v) is 2.20. The number of halogens is 1. The molecule has 0 fully saturated rings. The topological polar surface area (TPSA) is 66.2 Å². The minimum atomic E-state index is 0.184. The lowest BCUT2D eigenvalue weighted by Gasteiger charge is -2.06. The average Bonchev–Trinajstić information content (AvgIpc) is 2.49. The Labute approximate surface area is 126 Å². The Morgan fingerprint density at radius 1 is 0.762 bits per heavy atom. The van der Waals surface area contributed by atoms with E-state index in [1.807, 2.05) is 0 Å². The van der Waals surface area contributed by atoms with Gasteiger partial charge in [-0.25, -0.2) is 4.98 Å². The second kappa shape index (κ2) is 5.42. The van der Waals surface area contributed by atoms with Crippen molar-refractivity contribution in [2.24, 2.45) is 0 Å². The van der Waals surface area contributed by atoms with Gasteiger partial charge in [0.2, 0.25) is 0 Å². The normalized spacial score (nSPS) is 10.5. The van der Waals surface area contributed by atoms with Crippen molar-refractivity contribution in [2.75, 3.05) is 0 Å². The SMILES string of the molecule is Oc1ccc(-c2cnc(-c3ccc(O)cc3)c(Cl)n2)cc1. The first-order valence-electron chi connectivity index (χ1n) is 6.25. The maximum Gasteiger partial charge on any atom is 0.156 e. The van der Waals surface area contributed by atoms with Crippen molar-refractivity contribution in [3.05, 3.63) is 59.9 Å². The minimum Gasteiger partial charge on any atom is -0.508 e. The smallest absolute Gasteiger partial charge is 0.156 e. The summed E-state index contributed by atoms with van der Waals surface area (Å²) in [6.07, 6.45) is 1.63. The van der Waals surface area contributed by atoms with Gasteiger partial charge >= 0.3 is 0 Å². The van der Waals surface area contributed by atoms with Crippen LogP contribution in [0.15, 0.2) is 54.7 Å². The van der Waals surface area contributed by atoms with Crippen molar-refractivity contribution in [3.8, 4) is 34.0 Å². The highest BCUT2D eigenvalue weighted by atomic mass is 35.5. The molecule has 3 aromatic rings. The number of aromatic nitrogens is 2. The predicted molar refractivity (Wildman–Crippen MR) is 81.2 cm³/mol. The Kier molecular flexibility index (Phi) is 3.46. The van der Waals surface area contributed by atoms with Crippen LogP contribution in [0.3, 0.4) is 0 Å². The van der Waals surface area contributed by atoms with Crippen molar-refractivity contribution in [1.29, 1.82) is 0 Å². The standard InChI is InChI=1S/C16H11ClN2O2/c17-16-15(11-3-7-13(21)8-4-11)18-9-14(19-16)10-1-5-12(20)6-2-10/h1-9,20-21H. The van der Waals surface area contributed by atoms with Gasteiger partial charge in [-0.05, 0) is 48.5 Å². The van der Waals surface area contributed by atoms with Crippen LogP contribution in [0.2, 0.25) is 5.15 Å². The van der Waals surface area contributed by atoms with Crippen molar-refractivity contribution >= 4 is 11.6 Å². The Balaban J connectivity index is 1.99. The molecule has 104 valence electrons. The number of hydrogen-bond acceptors (Lipinski definition) is 4. The third kappa shape index (κ3) is 2.80. The van der Waals surface area contributed by atoms with E-state index in [4.69, 9.17) is 11.6 Å². The zero-order chi connectivity index (χ0) is 14.8. The number of phenolic OH excluding ortho intramolecular Hbond substituents is 2. The Morgan fingerprint density at radius 2 is 1.29 bits per heavy atom. The molecule has 1 heterocycles. The molecule has 0 spiro atoms. The summed E-state index contributed by atoms with van der Waals surface area (Å²) < 4.78 is 0. The molecular formula is C16H11ClN2O2. The van der Waals surface area contributed by atoms with Crippen molar-refractivity contribution in [3.63, 3.8) is 0 Å². The molecule has 5 heteroatoms. The van der Waals surface area contributed by atoms with Crippen LogP contribution in [0.5, 0.6) is 11.5 Å². The molecule has 3 rings (SSSR count). The molecule has 0 bridgehead atoms. The molecular weight excluding hydrogens is 288 g/mol. The van der Waals surface area contributed by atoms with E-state index < -0.39 is 0 Å². The fraction of sp³-hybridized carbons (Fsp3) is 0. The van der Waals surface area contributed by atoms with Gasteiger partial charge in [0.1, 0.15) is 17.2 Å². The van der Waals surface area contributed by atoms with E-state index in [2.05, 4.69) is 9.97 Å². The summed E-state index contributed by atoms with van der Waals surface area (Å²) in [6.45, 7) is 0. The first-order chi connectivity index (χ1) is 10.1. The van der Waals surface area contributed by atoms with E-state index in [0.29, 0.717) is 11.4 Å². The summed E-state index contributed by atoms with van der Waals surface area (Å²) in [5, 5.41) is 18.9. The third-order valence-electron chi connectivity index (χ3n) is 3.03. The molecule has 0 saturated heterocycles. The zero-order valence-corrected chi connectivity index (χ0v) is 11.6. The molecule has 2 N–H and O–H groups in total. The number of nitrogens with zero attached hydrogens (tertiary/aromatic N) is 2. The van der Waals surface area contributed by atoms with E-state index in [0.717, 1.165) is 11.1 Å². The molecule has 2 aromatic carbocycles. The first kappa shape index (κ1) is 13.4. The molecule has 4 nitrogen and oxygen atoms in total. The van der Waals surface area contributed by atoms with Crippen LogP contribution in [0.1, 0.15) is 0 Å². The van der Waals surface area contributed by atoms with Crippen molar-refractivity contribution < 1.29 is 10.2 Å². The highest BCUT2D eigenvalue weighted by molar-refractivity contribution is 6.31. The molecule has 0 aliphatic rings. The van der Waals surface area contributed by atoms with Gasteiger partial charge in [0, 0.05) is 11.1 Å². The zero-order valence-electron chi connectivity index (χ0n) is 10.9. The monoisotopic (exact) mass is 298 g/mol. The molecule has 0 aliphatic carbocycles. The highest BCUT2D eigenvalue weighted by Gasteiger charge is 2.09. The van der Waals surface area contributed by atoms with Crippen LogP contribution >= 0.6 is 11.6 Å². The summed E-state index contributed by atoms with van der Waals surface area (Å²) >= 11 is 6.20. The molecule has 0 unspecified atom stereocenters. The van der Waals surface area contributed by atoms with E-state index in [9.17, 15) is 10.2 Å². The van der Waals surface area contributed by atoms with Gasteiger partial charge in [0.25, 0.3) is 0 Å². The van der Waals surface area contributed by atoms with Gasteiger partial charge in [-0.1, -0.05) is 11.6 Å². The molecule has 0 radical (unpaired) electrons. The van der Waals surface area contributed by atoms with Crippen LogP contribution in [0.25, 0.3) is 22.5 Å². The second-order valence-electron chi connectivity index (χ2n) is 4.49. The summed E-state index contributed by atoms with van der Waals surface area (Å²) in [5.41, 5.74) is 2.78. The number of benzene rings is 2. The van der Waals surface area contributed by atoms with Crippen LogP contribution in [0.4, 0.5) is 0 Å². The summed E-state index contributed by atoms with van der Waals surface area (Å²) in [7, 11) is 0. The maximum atomic E-state index is 9.30. The average molecular weight is 299 g/mol. The summed E-state index contributed by atoms with van der Waals surface area (Å²) in [6, 6.07) is 13.3. The Bertz CT molecular complexity index is 771. The molecule has 1 aromatic heterocycles. The van der Waals surface area contributed by atoms with Gasteiger partial charge in [-0.2, -0.15) is 0 Å². The van der Waals surface area contributed by atoms with Crippen LogP contribution in [-0.4, -0.2) is 20.2 Å². The molecule has 0 amide bonds. The van der Waals surface area contributed by atoms with E-state index in [1.54, 1.807) is 54.7 Å². The molecule has 21 heavy (non-hydrogen) atoms. The van der Waals surface area contributed by atoms with E-state index in [1.165, 1.54) is 0 Å². The predicted octanol–water partition coefficient (Wildman–Crippen LogP) is 3.88. The first-order valence-corrected chi connectivity index (χ1v) is 6.62. The summed E-state index contributed by atoms with van der Waals surface area (Å²) in [4.78, 5) is 8.67. The van der Waals surface area contributed by atoms with E-state index in [-0.39, 0.29) is 16.7 Å². The van der Waals surface area contributed by atoms with Crippen LogP contribution < -0.4 is 0 Å². The minimum absolute atomic E-state index is 0.184. The quantitative estimate of drug-likeness (QED) is 0.753. The second-order valence-corrected chi connectivity index (χ2v) is 4.85. The molecule has 0 aliphatic heterocycles. The number of phenols is 2. The largest absolute Gasteiger partial charge is 0.508 e. The van der Waals surface area contributed by atoms with Crippen LogP contribution in [0, 0.1) is 0 Å². The maximum absolute atomic E-state index is 9.30. The van der Waals surface area contributed by atoms with Gasteiger partial charge in [-0.15, -0.1) is 0 Å². The Hall–Kier alpha value is -2.59. The molecule has 0 saturated carbocycles.